The van der Waals surface area contributed by atoms with E-state index in [4.69, 9.17) is 9.15 Å². The third kappa shape index (κ3) is 4.03. The van der Waals surface area contributed by atoms with E-state index in [1.54, 1.807) is 7.11 Å². The topological polar surface area (TPSA) is 55.6 Å². The molecule has 2 heterocycles. The Balaban J connectivity index is 1.45. The predicted molar refractivity (Wildman–Crippen MR) is 104 cm³/mol. The Morgan fingerprint density at radius 1 is 1.22 bits per heavy atom. The maximum Gasteiger partial charge on any atom is 0.253 e. The quantitative estimate of drug-likeness (QED) is 0.669. The van der Waals surface area contributed by atoms with Crippen LogP contribution in [0.15, 0.2) is 52.9 Å². The number of oxazole rings is 1. The first-order chi connectivity index (χ1) is 13.2. The lowest BCUT2D eigenvalue weighted by atomic mass is 10.1. The number of likely N-dealkylation sites (tertiary alicyclic amines) is 1. The van der Waals surface area contributed by atoms with Crippen LogP contribution in [0, 0.1) is 5.92 Å². The highest BCUT2D eigenvalue weighted by molar-refractivity contribution is 5.97. The van der Waals surface area contributed by atoms with E-state index in [1.807, 2.05) is 41.3 Å². The zero-order valence-corrected chi connectivity index (χ0v) is 15.6. The van der Waals surface area contributed by atoms with Gasteiger partial charge in [-0.15, -0.1) is 0 Å². The van der Waals surface area contributed by atoms with E-state index in [0.29, 0.717) is 24.0 Å². The standard InChI is InChI=1S/C22H24N2O3/c1-26-15-17-11-12-24(14-17)22(25)18-8-9-20-19(13-18)23-21(27-20)10-7-16-5-3-2-4-6-16/h2-6,8-9,13,17H,7,10-12,14-15H2,1H3. The Morgan fingerprint density at radius 3 is 2.89 bits per heavy atom. The second-order valence-corrected chi connectivity index (χ2v) is 7.14. The summed E-state index contributed by atoms with van der Waals surface area (Å²) in [6.45, 7) is 2.24. The van der Waals surface area contributed by atoms with Crippen LogP contribution < -0.4 is 0 Å². The number of fused-ring (bicyclic) bond motifs is 1. The number of ether oxygens (including phenoxy) is 1. The normalized spacial score (nSPS) is 16.9. The molecule has 1 fully saturated rings. The summed E-state index contributed by atoms with van der Waals surface area (Å²) in [6.07, 6.45) is 2.62. The molecule has 1 saturated heterocycles. The van der Waals surface area contributed by atoms with Gasteiger partial charge in [-0.25, -0.2) is 4.98 Å². The van der Waals surface area contributed by atoms with Gasteiger partial charge in [-0.1, -0.05) is 30.3 Å². The van der Waals surface area contributed by atoms with Crippen molar-refractivity contribution in [3.8, 4) is 0 Å². The smallest absolute Gasteiger partial charge is 0.253 e. The van der Waals surface area contributed by atoms with Gasteiger partial charge in [0.25, 0.3) is 5.91 Å². The maximum absolute atomic E-state index is 12.8. The molecule has 1 amide bonds. The summed E-state index contributed by atoms with van der Waals surface area (Å²) >= 11 is 0. The van der Waals surface area contributed by atoms with E-state index in [2.05, 4.69) is 17.1 Å². The molecular weight excluding hydrogens is 340 g/mol. The van der Waals surface area contributed by atoms with Crippen LogP contribution in [-0.2, 0) is 17.6 Å². The van der Waals surface area contributed by atoms with Gasteiger partial charge in [0.2, 0.25) is 0 Å². The number of hydrogen-bond acceptors (Lipinski definition) is 4. The van der Waals surface area contributed by atoms with Crippen LogP contribution in [0.5, 0.6) is 0 Å². The number of aryl methyl sites for hydroxylation is 2. The first-order valence-electron chi connectivity index (χ1n) is 9.44. The molecule has 140 valence electrons. The van der Waals surface area contributed by atoms with Gasteiger partial charge in [0.1, 0.15) is 5.52 Å². The highest BCUT2D eigenvalue weighted by Crippen LogP contribution is 2.22. The van der Waals surface area contributed by atoms with Gasteiger partial charge in [-0.05, 0) is 36.6 Å². The molecule has 0 aliphatic carbocycles. The highest BCUT2D eigenvalue weighted by atomic mass is 16.5. The largest absolute Gasteiger partial charge is 0.441 e. The van der Waals surface area contributed by atoms with Crippen LogP contribution in [-0.4, -0.2) is 42.6 Å². The minimum absolute atomic E-state index is 0.0596. The predicted octanol–water partition coefficient (Wildman–Crippen LogP) is 3.72. The van der Waals surface area contributed by atoms with Crippen molar-refractivity contribution in [1.82, 2.24) is 9.88 Å². The van der Waals surface area contributed by atoms with E-state index < -0.39 is 0 Å². The Hall–Kier alpha value is -2.66. The molecule has 0 N–H and O–H groups in total. The number of benzene rings is 2. The van der Waals surface area contributed by atoms with E-state index in [1.165, 1.54) is 5.56 Å². The number of rotatable bonds is 6. The number of amides is 1. The van der Waals surface area contributed by atoms with Crippen molar-refractivity contribution in [3.63, 3.8) is 0 Å². The van der Waals surface area contributed by atoms with Gasteiger partial charge in [-0.2, -0.15) is 0 Å². The molecule has 1 atom stereocenters. The van der Waals surface area contributed by atoms with Gasteiger partial charge in [0.15, 0.2) is 11.5 Å². The number of nitrogens with zero attached hydrogens (tertiary/aromatic N) is 2. The number of aromatic nitrogens is 1. The molecule has 4 rings (SSSR count). The molecule has 1 aliphatic heterocycles. The second kappa shape index (κ2) is 7.92. The van der Waals surface area contributed by atoms with Crippen LogP contribution in [0.1, 0.15) is 28.2 Å². The zero-order valence-electron chi connectivity index (χ0n) is 15.6. The molecule has 27 heavy (non-hydrogen) atoms. The Labute approximate surface area is 158 Å². The second-order valence-electron chi connectivity index (χ2n) is 7.14. The van der Waals surface area contributed by atoms with Gasteiger partial charge in [0, 0.05) is 38.1 Å². The van der Waals surface area contributed by atoms with Crippen molar-refractivity contribution < 1.29 is 13.9 Å². The lowest BCUT2D eigenvalue weighted by Crippen LogP contribution is -2.29. The fraction of sp³-hybridized carbons (Fsp3) is 0.364. The first kappa shape index (κ1) is 17.7. The fourth-order valence-corrected chi connectivity index (χ4v) is 3.68. The monoisotopic (exact) mass is 364 g/mol. The van der Waals surface area contributed by atoms with Crippen molar-refractivity contribution in [2.75, 3.05) is 26.8 Å². The third-order valence-electron chi connectivity index (χ3n) is 5.12. The lowest BCUT2D eigenvalue weighted by molar-refractivity contribution is 0.0775. The van der Waals surface area contributed by atoms with E-state index in [0.717, 1.165) is 43.5 Å². The van der Waals surface area contributed by atoms with E-state index in [9.17, 15) is 4.79 Å². The molecule has 1 aromatic heterocycles. The van der Waals surface area contributed by atoms with Gasteiger partial charge in [0.05, 0.1) is 6.61 Å². The first-order valence-corrected chi connectivity index (χ1v) is 9.44. The number of carbonyl (C=O) groups is 1. The summed E-state index contributed by atoms with van der Waals surface area (Å²) in [5.41, 5.74) is 3.41. The van der Waals surface area contributed by atoms with E-state index >= 15 is 0 Å². The minimum atomic E-state index is 0.0596. The minimum Gasteiger partial charge on any atom is -0.441 e. The fourth-order valence-electron chi connectivity index (χ4n) is 3.68. The van der Waals surface area contributed by atoms with Gasteiger partial charge < -0.3 is 14.1 Å². The van der Waals surface area contributed by atoms with Crippen molar-refractivity contribution in [2.24, 2.45) is 5.92 Å². The van der Waals surface area contributed by atoms with Crippen LogP contribution in [0.25, 0.3) is 11.1 Å². The van der Waals surface area contributed by atoms with Crippen LogP contribution in [0.2, 0.25) is 0 Å². The number of methoxy groups -OCH3 is 1. The molecule has 1 unspecified atom stereocenters. The lowest BCUT2D eigenvalue weighted by Gasteiger charge is -2.16. The summed E-state index contributed by atoms with van der Waals surface area (Å²) in [6, 6.07) is 15.8. The summed E-state index contributed by atoms with van der Waals surface area (Å²) in [7, 11) is 1.71. The number of carbonyl (C=O) groups excluding carboxylic acids is 1. The summed E-state index contributed by atoms with van der Waals surface area (Å²) in [5.74, 6) is 1.20. The van der Waals surface area contributed by atoms with Crippen LogP contribution in [0.4, 0.5) is 0 Å². The van der Waals surface area contributed by atoms with Crippen molar-refractivity contribution >= 4 is 17.0 Å². The molecule has 5 heteroatoms. The van der Waals surface area contributed by atoms with E-state index in [-0.39, 0.29) is 5.91 Å². The SMILES string of the molecule is COCC1CCN(C(=O)c2ccc3oc(CCc4ccccc4)nc3c2)C1. The Morgan fingerprint density at radius 2 is 2.07 bits per heavy atom. The average molecular weight is 364 g/mol. The van der Waals surface area contributed by atoms with Crippen molar-refractivity contribution in [1.29, 1.82) is 0 Å². The van der Waals surface area contributed by atoms with Gasteiger partial charge >= 0.3 is 0 Å². The summed E-state index contributed by atoms with van der Waals surface area (Å²) in [4.78, 5) is 19.3. The van der Waals surface area contributed by atoms with Gasteiger partial charge in [-0.3, -0.25) is 4.79 Å². The molecule has 3 aromatic rings. The molecule has 1 aliphatic rings. The zero-order chi connectivity index (χ0) is 18.6. The Kier molecular flexibility index (Phi) is 5.21. The number of hydrogen-bond donors (Lipinski definition) is 0. The summed E-state index contributed by atoms with van der Waals surface area (Å²) in [5, 5.41) is 0. The van der Waals surface area contributed by atoms with Crippen molar-refractivity contribution in [3.05, 3.63) is 65.5 Å². The molecule has 5 nitrogen and oxygen atoms in total. The van der Waals surface area contributed by atoms with Crippen LogP contribution in [0.3, 0.4) is 0 Å². The molecule has 0 bridgehead atoms. The maximum atomic E-state index is 12.8. The molecule has 0 spiro atoms. The Bertz CT molecular complexity index is 920. The molecule has 0 saturated carbocycles. The molecule has 2 aromatic carbocycles. The molecule has 0 radical (unpaired) electrons. The average Bonchev–Trinajstić information content (AvgIpc) is 3.33. The summed E-state index contributed by atoms with van der Waals surface area (Å²) < 4.78 is 11.1. The third-order valence-corrected chi connectivity index (χ3v) is 5.12. The van der Waals surface area contributed by atoms with Crippen LogP contribution >= 0.6 is 0 Å². The molecular formula is C22H24N2O3. The van der Waals surface area contributed by atoms with Crippen molar-refractivity contribution in [2.45, 2.75) is 19.3 Å². The highest BCUT2D eigenvalue weighted by Gasteiger charge is 2.27.